The Morgan fingerprint density at radius 3 is 2.33 bits per heavy atom. The third-order valence-electron chi connectivity index (χ3n) is 4.30. The summed E-state index contributed by atoms with van der Waals surface area (Å²) >= 11 is 0. The minimum atomic E-state index is -0.930. The molecule has 114 valence electrons. The van der Waals surface area contributed by atoms with E-state index in [1.54, 1.807) is 12.1 Å². The van der Waals surface area contributed by atoms with E-state index < -0.39 is 12.0 Å². The summed E-state index contributed by atoms with van der Waals surface area (Å²) in [5, 5.41) is 12.1. The normalized spacial score (nSPS) is 17.2. The Morgan fingerprint density at radius 2 is 1.81 bits per heavy atom. The lowest BCUT2D eigenvalue weighted by molar-refractivity contribution is -0.141. The van der Waals surface area contributed by atoms with Crippen LogP contribution in [0.1, 0.15) is 54.9 Å². The predicted molar refractivity (Wildman–Crippen MR) is 81.3 cm³/mol. The first-order valence-electron chi connectivity index (χ1n) is 7.74. The molecule has 4 nitrogen and oxygen atoms in total. The van der Waals surface area contributed by atoms with Crippen molar-refractivity contribution in [1.29, 1.82) is 0 Å². The summed E-state index contributed by atoms with van der Waals surface area (Å²) in [5.41, 5.74) is 1.68. The number of rotatable bonds is 5. The monoisotopic (exact) mass is 289 g/mol. The summed E-state index contributed by atoms with van der Waals surface area (Å²) in [6.45, 7) is 2.05. The topological polar surface area (TPSA) is 66.4 Å². The van der Waals surface area contributed by atoms with Gasteiger partial charge in [0.25, 0.3) is 5.91 Å². The second kappa shape index (κ2) is 7.25. The molecule has 1 aliphatic rings. The van der Waals surface area contributed by atoms with Gasteiger partial charge in [-0.1, -0.05) is 38.3 Å². The number of carboxylic acids is 1. The molecule has 0 bridgehead atoms. The van der Waals surface area contributed by atoms with Crippen molar-refractivity contribution in [2.45, 2.75) is 51.5 Å². The molecule has 21 heavy (non-hydrogen) atoms. The van der Waals surface area contributed by atoms with Gasteiger partial charge in [-0.15, -0.1) is 0 Å². The highest BCUT2D eigenvalue weighted by molar-refractivity contribution is 5.96. The van der Waals surface area contributed by atoms with Gasteiger partial charge in [0.15, 0.2) is 0 Å². The molecule has 1 amide bonds. The van der Waals surface area contributed by atoms with Gasteiger partial charge in [0.1, 0.15) is 6.04 Å². The first kappa shape index (κ1) is 15.5. The largest absolute Gasteiger partial charge is 0.480 e. The number of carboxylic acid groups (broad SMARTS) is 1. The molecule has 0 heterocycles. The Hall–Kier alpha value is -1.84. The van der Waals surface area contributed by atoms with E-state index in [1.807, 2.05) is 12.1 Å². The molecule has 1 atom stereocenters. The number of carbonyl (C=O) groups excluding carboxylic acids is 1. The fourth-order valence-electron chi connectivity index (χ4n) is 2.97. The molecule has 0 saturated heterocycles. The second-order valence-electron chi connectivity index (χ2n) is 5.74. The maximum Gasteiger partial charge on any atom is 0.326 e. The van der Waals surface area contributed by atoms with Crippen molar-refractivity contribution in [3.63, 3.8) is 0 Å². The van der Waals surface area contributed by atoms with Crippen molar-refractivity contribution < 1.29 is 14.7 Å². The van der Waals surface area contributed by atoms with Gasteiger partial charge in [-0.3, -0.25) is 4.79 Å². The maximum absolute atomic E-state index is 12.2. The van der Waals surface area contributed by atoms with Crippen LogP contribution in [-0.2, 0) is 11.2 Å². The quantitative estimate of drug-likeness (QED) is 0.875. The average Bonchev–Trinajstić information content (AvgIpc) is 2.53. The molecule has 2 N–H and O–H groups in total. The Labute approximate surface area is 125 Å². The first-order chi connectivity index (χ1) is 10.1. The van der Waals surface area contributed by atoms with Crippen LogP contribution in [0.15, 0.2) is 24.3 Å². The average molecular weight is 289 g/mol. The number of hydrogen-bond donors (Lipinski definition) is 2. The molecule has 4 heteroatoms. The van der Waals surface area contributed by atoms with E-state index >= 15 is 0 Å². The zero-order valence-corrected chi connectivity index (χ0v) is 12.5. The molecule has 1 aromatic carbocycles. The highest BCUT2D eigenvalue weighted by Gasteiger charge is 2.30. The fourth-order valence-corrected chi connectivity index (χ4v) is 2.97. The lowest BCUT2D eigenvalue weighted by Crippen LogP contribution is -2.46. The van der Waals surface area contributed by atoms with Crippen LogP contribution < -0.4 is 5.32 Å². The Balaban J connectivity index is 2.04. The van der Waals surface area contributed by atoms with E-state index in [4.69, 9.17) is 0 Å². The first-order valence-corrected chi connectivity index (χ1v) is 7.74. The van der Waals surface area contributed by atoms with Crippen LogP contribution in [0.5, 0.6) is 0 Å². The van der Waals surface area contributed by atoms with Gasteiger partial charge in [0.05, 0.1) is 0 Å². The summed E-state index contributed by atoms with van der Waals surface area (Å²) in [5.74, 6) is -1.17. The summed E-state index contributed by atoms with van der Waals surface area (Å²) in [6, 6.07) is 6.56. The highest BCUT2D eigenvalue weighted by atomic mass is 16.4. The third kappa shape index (κ3) is 4.06. The van der Waals surface area contributed by atoms with Crippen LogP contribution in [0.4, 0.5) is 0 Å². The molecule has 1 aromatic rings. The number of carbonyl (C=O) groups is 2. The van der Waals surface area contributed by atoms with Crippen LogP contribution in [-0.4, -0.2) is 23.0 Å². The highest BCUT2D eigenvalue weighted by Crippen LogP contribution is 2.26. The molecule has 0 aromatic heterocycles. The lowest BCUT2D eigenvalue weighted by atomic mass is 9.84. The van der Waals surface area contributed by atoms with E-state index in [9.17, 15) is 14.7 Å². The number of benzene rings is 1. The summed E-state index contributed by atoms with van der Waals surface area (Å²) in [4.78, 5) is 23.7. The van der Waals surface area contributed by atoms with Gasteiger partial charge in [0, 0.05) is 5.56 Å². The van der Waals surface area contributed by atoms with E-state index in [2.05, 4.69) is 12.2 Å². The predicted octanol–water partition coefficient (Wildman–Crippen LogP) is 3.01. The molecule has 1 aliphatic carbocycles. The van der Waals surface area contributed by atoms with Gasteiger partial charge in [-0.05, 0) is 42.9 Å². The van der Waals surface area contributed by atoms with Crippen LogP contribution in [0.3, 0.4) is 0 Å². The van der Waals surface area contributed by atoms with Gasteiger partial charge >= 0.3 is 5.97 Å². The van der Waals surface area contributed by atoms with Crippen molar-refractivity contribution in [2.75, 3.05) is 0 Å². The SMILES string of the molecule is CCc1ccc(C(=O)NC(C(=O)O)C2CCCCC2)cc1. The van der Waals surface area contributed by atoms with Crippen LogP contribution in [0.25, 0.3) is 0 Å². The lowest BCUT2D eigenvalue weighted by Gasteiger charge is -2.28. The number of nitrogens with one attached hydrogen (secondary N) is 1. The molecule has 0 aliphatic heterocycles. The van der Waals surface area contributed by atoms with Crippen molar-refractivity contribution in [1.82, 2.24) is 5.32 Å². The van der Waals surface area contributed by atoms with Gasteiger partial charge < -0.3 is 10.4 Å². The smallest absolute Gasteiger partial charge is 0.326 e. The van der Waals surface area contributed by atoms with Crippen LogP contribution >= 0.6 is 0 Å². The second-order valence-corrected chi connectivity index (χ2v) is 5.74. The fraction of sp³-hybridized carbons (Fsp3) is 0.529. The molecule has 1 saturated carbocycles. The molecule has 1 unspecified atom stereocenters. The van der Waals surface area contributed by atoms with Crippen LogP contribution in [0.2, 0.25) is 0 Å². The summed E-state index contributed by atoms with van der Waals surface area (Å²) in [6.07, 6.45) is 5.94. The van der Waals surface area contributed by atoms with E-state index in [0.29, 0.717) is 5.56 Å². The summed E-state index contributed by atoms with van der Waals surface area (Å²) in [7, 11) is 0. The minimum absolute atomic E-state index is 0.0510. The van der Waals surface area contributed by atoms with Crippen LogP contribution in [0, 0.1) is 5.92 Å². The van der Waals surface area contributed by atoms with Gasteiger partial charge in [-0.2, -0.15) is 0 Å². The van der Waals surface area contributed by atoms with Crippen molar-refractivity contribution >= 4 is 11.9 Å². The molecular formula is C17H23NO3. The zero-order valence-electron chi connectivity index (χ0n) is 12.5. The third-order valence-corrected chi connectivity index (χ3v) is 4.30. The maximum atomic E-state index is 12.2. The number of aliphatic carboxylic acids is 1. The number of hydrogen-bond acceptors (Lipinski definition) is 2. The minimum Gasteiger partial charge on any atom is -0.480 e. The molecule has 0 spiro atoms. The zero-order chi connectivity index (χ0) is 15.2. The van der Waals surface area contributed by atoms with E-state index in [-0.39, 0.29) is 11.8 Å². The van der Waals surface area contributed by atoms with E-state index in [0.717, 1.165) is 44.1 Å². The summed E-state index contributed by atoms with van der Waals surface area (Å²) < 4.78 is 0. The Bertz CT molecular complexity index is 489. The Morgan fingerprint density at radius 1 is 1.19 bits per heavy atom. The van der Waals surface area contributed by atoms with Crippen molar-refractivity contribution in [3.8, 4) is 0 Å². The molecule has 0 radical (unpaired) electrons. The number of amides is 1. The van der Waals surface area contributed by atoms with Crippen molar-refractivity contribution in [2.24, 2.45) is 5.92 Å². The molecule has 1 fully saturated rings. The van der Waals surface area contributed by atoms with Gasteiger partial charge in [0.2, 0.25) is 0 Å². The van der Waals surface area contributed by atoms with Gasteiger partial charge in [-0.25, -0.2) is 4.79 Å². The molecule has 2 rings (SSSR count). The van der Waals surface area contributed by atoms with E-state index in [1.165, 1.54) is 0 Å². The molecular weight excluding hydrogens is 266 g/mol. The number of aryl methyl sites for hydroxylation is 1. The standard InChI is InChI=1S/C17H23NO3/c1-2-12-8-10-14(11-9-12)16(19)18-15(17(20)21)13-6-4-3-5-7-13/h8-11,13,15H,2-7H2,1H3,(H,18,19)(H,20,21). The Kier molecular flexibility index (Phi) is 5.37. The van der Waals surface area contributed by atoms with Crippen molar-refractivity contribution in [3.05, 3.63) is 35.4 Å².